The Bertz CT molecular complexity index is 521. The van der Waals surface area contributed by atoms with Gasteiger partial charge < -0.3 is 14.0 Å². The van der Waals surface area contributed by atoms with Crippen molar-refractivity contribution < 1.29 is 14.0 Å². The van der Waals surface area contributed by atoms with Crippen molar-refractivity contribution in [3.8, 4) is 11.9 Å². The normalized spacial score (nSPS) is 20.1. The molecule has 1 aromatic rings. The fraction of sp³-hybridized carbons (Fsp3) is 0.538. The first-order valence-corrected chi connectivity index (χ1v) is 6.10. The molecule has 0 N–H and O–H groups in total. The molecule has 5 nitrogen and oxygen atoms in total. The number of nitriles is 1. The Morgan fingerprint density at radius 2 is 1.84 bits per heavy atom. The molecule has 1 aliphatic rings. The van der Waals surface area contributed by atoms with Crippen LogP contribution >= 0.6 is 0 Å². The van der Waals surface area contributed by atoms with Crippen LogP contribution < -0.4 is 10.2 Å². The standard InChI is InChI=1S/C13H17BN2O3/c1-12(2)13(3,4)19-14(18-12)10-6-11(17-5)16-8-9(10)7-15/h6,8H,1-5H3. The molecule has 6 heteroatoms. The highest BCUT2D eigenvalue weighted by Crippen LogP contribution is 2.36. The molecule has 0 unspecified atom stereocenters. The van der Waals surface area contributed by atoms with E-state index in [0.717, 1.165) is 0 Å². The Kier molecular flexibility index (Phi) is 3.29. The fourth-order valence-corrected chi connectivity index (χ4v) is 1.82. The van der Waals surface area contributed by atoms with Gasteiger partial charge in [-0.3, -0.25) is 0 Å². The van der Waals surface area contributed by atoms with Crippen molar-refractivity contribution in [2.75, 3.05) is 7.11 Å². The summed E-state index contributed by atoms with van der Waals surface area (Å²) < 4.78 is 17.0. The maximum atomic E-state index is 9.16. The van der Waals surface area contributed by atoms with Gasteiger partial charge in [0.1, 0.15) is 6.07 Å². The van der Waals surface area contributed by atoms with Crippen LogP contribution in [0.1, 0.15) is 33.3 Å². The fourth-order valence-electron chi connectivity index (χ4n) is 1.82. The van der Waals surface area contributed by atoms with E-state index in [4.69, 9.17) is 19.3 Å². The molecule has 0 radical (unpaired) electrons. The Hall–Kier alpha value is -1.58. The van der Waals surface area contributed by atoms with Crippen LogP contribution in [0.5, 0.6) is 5.88 Å². The largest absolute Gasteiger partial charge is 0.496 e. The zero-order valence-corrected chi connectivity index (χ0v) is 11.9. The highest BCUT2D eigenvalue weighted by molar-refractivity contribution is 6.62. The number of hydrogen-bond acceptors (Lipinski definition) is 5. The van der Waals surface area contributed by atoms with E-state index >= 15 is 0 Å². The van der Waals surface area contributed by atoms with Crippen LogP contribution in [0, 0.1) is 11.3 Å². The van der Waals surface area contributed by atoms with Crippen molar-refractivity contribution in [2.24, 2.45) is 0 Å². The molecule has 0 aromatic carbocycles. The summed E-state index contributed by atoms with van der Waals surface area (Å²) in [5.74, 6) is 0.434. The van der Waals surface area contributed by atoms with Gasteiger partial charge in [0.25, 0.3) is 0 Å². The van der Waals surface area contributed by atoms with Gasteiger partial charge in [0.15, 0.2) is 0 Å². The minimum Gasteiger partial charge on any atom is -0.481 e. The van der Waals surface area contributed by atoms with E-state index in [2.05, 4.69) is 11.1 Å². The molecule has 2 heterocycles. The maximum Gasteiger partial charge on any atom is 0.496 e. The van der Waals surface area contributed by atoms with Crippen LogP contribution in [0.3, 0.4) is 0 Å². The highest BCUT2D eigenvalue weighted by atomic mass is 16.7. The zero-order chi connectivity index (χ0) is 14.3. The van der Waals surface area contributed by atoms with E-state index in [1.54, 1.807) is 6.07 Å². The first-order valence-electron chi connectivity index (χ1n) is 6.10. The van der Waals surface area contributed by atoms with Crippen molar-refractivity contribution in [1.29, 1.82) is 5.26 Å². The third-order valence-corrected chi connectivity index (χ3v) is 3.75. The smallest absolute Gasteiger partial charge is 0.481 e. The molecule has 1 fully saturated rings. The molecule has 0 amide bonds. The molecular weight excluding hydrogens is 243 g/mol. The molecule has 1 aliphatic heterocycles. The van der Waals surface area contributed by atoms with Crippen LogP contribution in [0.25, 0.3) is 0 Å². The molecule has 0 bridgehead atoms. The summed E-state index contributed by atoms with van der Waals surface area (Å²) in [7, 11) is 0.944. The number of nitrogens with zero attached hydrogens (tertiary/aromatic N) is 2. The summed E-state index contributed by atoms with van der Waals surface area (Å²) in [4.78, 5) is 4.02. The molecule has 0 atom stereocenters. The van der Waals surface area contributed by atoms with Gasteiger partial charge >= 0.3 is 7.12 Å². The summed E-state index contributed by atoms with van der Waals surface area (Å²) in [5.41, 5.74) is 0.189. The number of hydrogen-bond donors (Lipinski definition) is 0. The second-order valence-electron chi connectivity index (χ2n) is 5.51. The number of pyridine rings is 1. The summed E-state index contributed by atoms with van der Waals surface area (Å²) in [6.45, 7) is 7.88. The first-order chi connectivity index (χ1) is 8.80. The Morgan fingerprint density at radius 3 is 2.32 bits per heavy atom. The third kappa shape index (κ3) is 2.31. The summed E-state index contributed by atoms with van der Waals surface area (Å²) >= 11 is 0. The number of aromatic nitrogens is 1. The maximum absolute atomic E-state index is 9.16. The Labute approximate surface area is 113 Å². The third-order valence-electron chi connectivity index (χ3n) is 3.75. The second kappa shape index (κ2) is 4.51. The Morgan fingerprint density at radius 1 is 1.26 bits per heavy atom. The monoisotopic (exact) mass is 260 g/mol. The molecule has 0 aliphatic carbocycles. The first kappa shape index (κ1) is 13.8. The predicted molar refractivity (Wildman–Crippen MR) is 71.2 cm³/mol. The van der Waals surface area contributed by atoms with Gasteiger partial charge in [0.2, 0.25) is 5.88 Å². The van der Waals surface area contributed by atoms with E-state index in [9.17, 15) is 0 Å². The molecule has 19 heavy (non-hydrogen) atoms. The highest BCUT2D eigenvalue weighted by Gasteiger charge is 2.52. The average Bonchev–Trinajstić information content (AvgIpc) is 2.57. The lowest BCUT2D eigenvalue weighted by atomic mass is 9.77. The summed E-state index contributed by atoms with van der Waals surface area (Å²) in [6.07, 6.45) is 1.47. The number of rotatable bonds is 2. The van der Waals surface area contributed by atoms with Crippen molar-refractivity contribution in [3.05, 3.63) is 17.8 Å². The van der Waals surface area contributed by atoms with Gasteiger partial charge in [-0.25, -0.2) is 4.98 Å². The van der Waals surface area contributed by atoms with Crippen molar-refractivity contribution in [3.63, 3.8) is 0 Å². The Balaban J connectivity index is 2.41. The van der Waals surface area contributed by atoms with Gasteiger partial charge in [-0.2, -0.15) is 5.26 Å². The molecule has 100 valence electrons. The van der Waals surface area contributed by atoms with E-state index in [1.165, 1.54) is 13.3 Å². The van der Waals surface area contributed by atoms with Crippen LogP contribution in [-0.4, -0.2) is 30.4 Å². The van der Waals surface area contributed by atoms with Crippen molar-refractivity contribution in [1.82, 2.24) is 4.98 Å². The average molecular weight is 260 g/mol. The van der Waals surface area contributed by atoms with Crippen molar-refractivity contribution in [2.45, 2.75) is 38.9 Å². The lowest BCUT2D eigenvalue weighted by molar-refractivity contribution is 0.00578. The SMILES string of the molecule is COc1cc(B2OC(C)(C)C(C)(C)O2)c(C#N)cn1. The summed E-state index contributed by atoms with van der Waals surface area (Å²) in [6, 6.07) is 3.78. The van der Waals surface area contributed by atoms with Gasteiger partial charge in [-0.05, 0) is 27.7 Å². The lowest BCUT2D eigenvalue weighted by Crippen LogP contribution is -2.41. The van der Waals surface area contributed by atoms with E-state index in [0.29, 0.717) is 16.9 Å². The van der Waals surface area contributed by atoms with E-state index in [-0.39, 0.29) is 0 Å². The number of methoxy groups -OCH3 is 1. The van der Waals surface area contributed by atoms with Gasteiger partial charge in [-0.15, -0.1) is 0 Å². The van der Waals surface area contributed by atoms with Crippen LogP contribution in [-0.2, 0) is 9.31 Å². The van der Waals surface area contributed by atoms with Crippen molar-refractivity contribution >= 4 is 12.6 Å². The predicted octanol–water partition coefficient (Wildman–Crippen LogP) is 1.26. The topological polar surface area (TPSA) is 64.4 Å². The minimum absolute atomic E-state index is 0.430. The molecule has 1 saturated heterocycles. The molecule has 1 aromatic heterocycles. The number of ether oxygens (including phenoxy) is 1. The second-order valence-corrected chi connectivity index (χ2v) is 5.51. The molecule has 0 spiro atoms. The van der Waals surface area contributed by atoms with Crippen LogP contribution in [0.2, 0.25) is 0 Å². The van der Waals surface area contributed by atoms with Gasteiger partial charge in [-0.1, -0.05) is 0 Å². The van der Waals surface area contributed by atoms with E-state index < -0.39 is 18.3 Å². The lowest BCUT2D eigenvalue weighted by Gasteiger charge is -2.32. The minimum atomic E-state index is -0.587. The zero-order valence-electron chi connectivity index (χ0n) is 11.9. The van der Waals surface area contributed by atoms with Crippen LogP contribution in [0.15, 0.2) is 12.3 Å². The quantitative estimate of drug-likeness (QED) is 0.749. The molecule has 0 saturated carbocycles. The molecule has 2 rings (SSSR count). The van der Waals surface area contributed by atoms with Crippen LogP contribution in [0.4, 0.5) is 0 Å². The summed E-state index contributed by atoms with van der Waals surface area (Å²) in [5, 5.41) is 9.16. The van der Waals surface area contributed by atoms with E-state index in [1.807, 2.05) is 27.7 Å². The molecular formula is C13H17BN2O3. The van der Waals surface area contributed by atoms with Gasteiger partial charge in [0.05, 0.1) is 23.9 Å². The van der Waals surface area contributed by atoms with Gasteiger partial charge in [0, 0.05) is 17.7 Å².